The van der Waals surface area contributed by atoms with Gasteiger partial charge in [-0.3, -0.25) is 14.5 Å². The summed E-state index contributed by atoms with van der Waals surface area (Å²) >= 11 is 0. The van der Waals surface area contributed by atoms with E-state index < -0.39 is 0 Å². The van der Waals surface area contributed by atoms with Gasteiger partial charge < -0.3 is 9.84 Å². The molecule has 0 saturated heterocycles. The molecule has 0 aliphatic carbocycles. The van der Waals surface area contributed by atoms with E-state index >= 15 is 0 Å². The molecule has 1 amide bonds. The van der Waals surface area contributed by atoms with E-state index in [2.05, 4.69) is 20.6 Å². The second-order valence-corrected chi connectivity index (χ2v) is 5.53. The predicted octanol–water partition coefficient (Wildman–Crippen LogP) is 1.68. The lowest BCUT2D eigenvalue weighted by molar-refractivity contribution is 0.0921. The number of nitrogens with zero attached hydrogens (tertiary/aromatic N) is 4. The van der Waals surface area contributed by atoms with E-state index in [-0.39, 0.29) is 17.6 Å². The molecule has 0 spiro atoms. The zero-order valence-electron chi connectivity index (χ0n) is 12.3. The molecule has 1 N–H and O–H groups in total. The smallest absolute Gasteiger partial charge is 0.273 e. The van der Waals surface area contributed by atoms with E-state index in [9.17, 15) is 4.79 Å². The summed E-state index contributed by atoms with van der Waals surface area (Å²) in [6.07, 6.45) is 6.77. The Morgan fingerprint density at radius 2 is 2.30 bits per heavy atom. The quantitative estimate of drug-likeness (QED) is 0.795. The molecule has 0 bridgehead atoms. The zero-order chi connectivity index (χ0) is 15.6. The van der Waals surface area contributed by atoms with Crippen LogP contribution in [0.3, 0.4) is 0 Å². The van der Waals surface area contributed by atoms with Crippen molar-refractivity contribution < 1.29 is 9.32 Å². The van der Waals surface area contributed by atoms with Gasteiger partial charge in [0.15, 0.2) is 11.5 Å². The van der Waals surface area contributed by atoms with Gasteiger partial charge in [-0.05, 0) is 24.6 Å². The van der Waals surface area contributed by atoms with Crippen LogP contribution in [0.4, 0.5) is 0 Å². The van der Waals surface area contributed by atoms with Crippen LogP contribution in [0.2, 0.25) is 0 Å². The maximum Gasteiger partial charge on any atom is 0.273 e. The number of rotatable bonds is 3. The maximum atomic E-state index is 12.3. The Labute approximate surface area is 132 Å². The molecule has 0 aromatic carbocycles. The maximum absolute atomic E-state index is 12.3. The monoisotopic (exact) mass is 309 g/mol. The Balaban J connectivity index is 1.45. The third kappa shape index (κ3) is 2.73. The van der Waals surface area contributed by atoms with Gasteiger partial charge in [0.25, 0.3) is 5.91 Å². The van der Waals surface area contributed by atoms with Crippen molar-refractivity contribution in [3.05, 3.63) is 54.2 Å². The van der Waals surface area contributed by atoms with Crippen LogP contribution >= 0.6 is 0 Å². The second kappa shape index (κ2) is 5.68. The van der Waals surface area contributed by atoms with E-state index in [0.717, 1.165) is 30.6 Å². The molecule has 1 aliphatic heterocycles. The molecule has 1 atom stereocenters. The number of hydrogen-bond acceptors (Lipinski definition) is 5. The van der Waals surface area contributed by atoms with Gasteiger partial charge >= 0.3 is 0 Å². The van der Waals surface area contributed by atoms with Crippen molar-refractivity contribution in [2.45, 2.75) is 25.4 Å². The molecule has 0 unspecified atom stereocenters. The molecule has 0 saturated carbocycles. The number of hydrogen-bond donors (Lipinski definition) is 1. The van der Waals surface area contributed by atoms with E-state index in [1.165, 1.54) is 0 Å². The van der Waals surface area contributed by atoms with Crippen LogP contribution in [0.1, 0.15) is 22.6 Å². The number of aryl methyl sites for hydroxylation is 1. The van der Waals surface area contributed by atoms with E-state index in [4.69, 9.17) is 4.52 Å². The van der Waals surface area contributed by atoms with Gasteiger partial charge in [-0.25, -0.2) is 0 Å². The van der Waals surface area contributed by atoms with Gasteiger partial charge in [0, 0.05) is 54.9 Å². The van der Waals surface area contributed by atoms with E-state index in [0.29, 0.717) is 5.76 Å². The number of fused-ring (bicyclic) bond motifs is 1. The number of nitrogens with one attached hydrogen (secondary N) is 1. The lowest BCUT2D eigenvalue weighted by Gasteiger charge is -2.23. The van der Waals surface area contributed by atoms with Crippen LogP contribution in [-0.4, -0.2) is 31.9 Å². The molecule has 0 radical (unpaired) electrons. The molecular formula is C16H15N5O2. The van der Waals surface area contributed by atoms with Crippen LogP contribution in [0.15, 0.2) is 47.4 Å². The fourth-order valence-corrected chi connectivity index (χ4v) is 2.78. The van der Waals surface area contributed by atoms with Crippen molar-refractivity contribution in [1.82, 2.24) is 25.2 Å². The van der Waals surface area contributed by atoms with Gasteiger partial charge in [-0.2, -0.15) is 5.10 Å². The first kappa shape index (κ1) is 13.7. The average Bonchev–Trinajstić information content (AvgIpc) is 3.24. The van der Waals surface area contributed by atoms with Gasteiger partial charge in [0.05, 0.1) is 0 Å². The number of aromatic nitrogens is 4. The molecule has 3 aromatic heterocycles. The average molecular weight is 309 g/mol. The summed E-state index contributed by atoms with van der Waals surface area (Å²) in [5.41, 5.74) is 2.21. The Bertz CT molecular complexity index is 824. The van der Waals surface area contributed by atoms with Crippen LogP contribution in [0.5, 0.6) is 0 Å². The summed E-state index contributed by atoms with van der Waals surface area (Å²) < 4.78 is 7.21. The topological polar surface area (TPSA) is 85.8 Å². The standard InChI is InChI=1S/C16H15N5O2/c22-16(19-12-4-7-21-13(8-12)3-6-18-21)14-9-15(23-20-14)11-2-1-5-17-10-11/h1-3,5-6,9-10,12H,4,7-8H2,(H,19,22)/t12-/m0/s1. The first-order chi connectivity index (χ1) is 11.3. The minimum Gasteiger partial charge on any atom is -0.355 e. The van der Waals surface area contributed by atoms with Crippen LogP contribution in [0.25, 0.3) is 11.3 Å². The van der Waals surface area contributed by atoms with Gasteiger partial charge in [-0.1, -0.05) is 5.16 Å². The predicted molar refractivity (Wildman–Crippen MR) is 81.5 cm³/mol. The van der Waals surface area contributed by atoms with Crippen LogP contribution < -0.4 is 5.32 Å². The van der Waals surface area contributed by atoms with Gasteiger partial charge in [0.1, 0.15) is 0 Å². The first-order valence-corrected chi connectivity index (χ1v) is 7.48. The SMILES string of the molecule is O=C(N[C@H]1CCn2nccc2C1)c1cc(-c2cccnc2)on1. The molecule has 1 aliphatic rings. The van der Waals surface area contributed by atoms with Crippen molar-refractivity contribution >= 4 is 5.91 Å². The van der Waals surface area contributed by atoms with E-state index in [1.54, 1.807) is 24.7 Å². The van der Waals surface area contributed by atoms with Crippen molar-refractivity contribution in [3.8, 4) is 11.3 Å². The first-order valence-electron chi connectivity index (χ1n) is 7.48. The van der Waals surface area contributed by atoms with Crippen molar-refractivity contribution in [1.29, 1.82) is 0 Å². The molecule has 23 heavy (non-hydrogen) atoms. The summed E-state index contributed by atoms with van der Waals surface area (Å²) in [6.45, 7) is 0.813. The third-order valence-corrected chi connectivity index (χ3v) is 3.97. The Kier molecular flexibility index (Phi) is 3.38. The number of carbonyl (C=O) groups is 1. The highest BCUT2D eigenvalue weighted by Crippen LogP contribution is 2.19. The fraction of sp³-hybridized carbons (Fsp3) is 0.250. The Morgan fingerprint density at radius 3 is 3.17 bits per heavy atom. The summed E-state index contributed by atoms with van der Waals surface area (Å²) in [6, 6.07) is 7.37. The lowest BCUT2D eigenvalue weighted by Crippen LogP contribution is -2.40. The number of amides is 1. The minimum absolute atomic E-state index is 0.0882. The number of carbonyl (C=O) groups excluding carboxylic acids is 1. The van der Waals surface area contributed by atoms with Crippen molar-refractivity contribution in [2.24, 2.45) is 0 Å². The lowest BCUT2D eigenvalue weighted by atomic mass is 10.0. The fourth-order valence-electron chi connectivity index (χ4n) is 2.78. The second-order valence-electron chi connectivity index (χ2n) is 5.53. The summed E-state index contributed by atoms with van der Waals surface area (Å²) in [5, 5.41) is 11.1. The Morgan fingerprint density at radius 1 is 1.35 bits per heavy atom. The number of pyridine rings is 1. The minimum atomic E-state index is -0.221. The molecular weight excluding hydrogens is 294 g/mol. The van der Waals surface area contributed by atoms with Gasteiger partial charge in [-0.15, -0.1) is 0 Å². The van der Waals surface area contributed by atoms with Crippen LogP contribution in [-0.2, 0) is 13.0 Å². The highest BCUT2D eigenvalue weighted by Gasteiger charge is 2.22. The van der Waals surface area contributed by atoms with Crippen molar-refractivity contribution in [2.75, 3.05) is 0 Å². The molecule has 7 nitrogen and oxygen atoms in total. The molecule has 4 rings (SSSR count). The summed E-state index contributed by atoms with van der Waals surface area (Å²) in [5.74, 6) is 0.312. The zero-order valence-corrected chi connectivity index (χ0v) is 12.3. The highest BCUT2D eigenvalue weighted by atomic mass is 16.5. The molecule has 0 fully saturated rings. The summed E-state index contributed by atoms with van der Waals surface area (Å²) in [4.78, 5) is 16.4. The van der Waals surface area contributed by atoms with Gasteiger partial charge in [0.2, 0.25) is 0 Å². The van der Waals surface area contributed by atoms with Crippen LogP contribution in [0, 0.1) is 0 Å². The third-order valence-electron chi connectivity index (χ3n) is 3.97. The summed E-state index contributed by atoms with van der Waals surface area (Å²) in [7, 11) is 0. The normalized spacial score (nSPS) is 16.8. The largest absolute Gasteiger partial charge is 0.355 e. The molecule has 4 heterocycles. The Hall–Kier alpha value is -2.96. The van der Waals surface area contributed by atoms with E-state index in [1.807, 2.05) is 22.9 Å². The van der Waals surface area contributed by atoms with Crippen molar-refractivity contribution in [3.63, 3.8) is 0 Å². The molecule has 3 aromatic rings. The molecule has 116 valence electrons. The highest BCUT2D eigenvalue weighted by molar-refractivity contribution is 5.93. The molecule has 7 heteroatoms.